The standard InChI is InChI=1S/C21H22BN3O5/c26-19(14-29-17-9-2-1-3-10-17)25-12-5-4-11-18(25)21-23-20(24-30-21)15-7-6-8-16(13-15)22(27)28/h1-3,6-10,13,18,27-28H,4-5,11-12,14H2/t18-/m1/s1. The van der Waals surface area contributed by atoms with Gasteiger partial charge in [0.1, 0.15) is 11.8 Å². The monoisotopic (exact) mass is 407 g/mol. The van der Waals surface area contributed by atoms with Gasteiger partial charge in [-0.25, -0.2) is 0 Å². The highest BCUT2D eigenvalue weighted by Gasteiger charge is 2.32. The molecule has 0 spiro atoms. The molecule has 1 saturated heterocycles. The molecule has 2 N–H and O–H groups in total. The molecular weight excluding hydrogens is 385 g/mol. The third-order valence-corrected chi connectivity index (χ3v) is 5.10. The number of amides is 1. The predicted octanol–water partition coefficient (Wildman–Crippen LogP) is 1.55. The van der Waals surface area contributed by atoms with Gasteiger partial charge in [-0.3, -0.25) is 4.79 Å². The van der Waals surface area contributed by atoms with E-state index in [1.165, 1.54) is 0 Å². The van der Waals surface area contributed by atoms with Crippen LogP contribution in [0.1, 0.15) is 31.2 Å². The summed E-state index contributed by atoms with van der Waals surface area (Å²) in [6.45, 7) is 0.545. The normalized spacial score (nSPS) is 16.3. The van der Waals surface area contributed by atoms with Crippen molar-refractivity contribution in [2.45, 2.75) is 25.3 Å². The molecule has 0 radical (unpaired) electrons. The number of hydrogen-bond acceptors (Lipinski definition) is 7. The number of para-hydroxylation sites is 1. The van der Waals surface area contributed by atoms with Crippen molar-refractivity contribution in [3.8, 4) is 17.1 Å². The Morgan fingerprint density at radius 1 is 1.17 bits per heavy atom. The molecule has 1 amide bonds. The molecule has 2 aromatic carbocycles. The molecule has 1 aliphatic heterocycles. The van der Waals surface area contributed by atoms with Gasteiger partial charge < -0.3 is 24.2 Å². The van der Waals surface area contributed by atoms with Gasteiger partial charge in [-0.15, -0.1) is 0 Å². The number of carbonyl (C=O) groups excluding carboxylic acids is 1. The molecule has 2 heterocycles. The van der Waals surface area contributed by atoms with Gasteiger partial charge in [0.15, 0.2) is 6.61 Å². The van der Waals surface area contributed by atoms with E-state index in [9.17, 15) is 14.8 Å². The van der Waals surface area contributed by atoms with Crippen LogP contribution in [-0.4, -0.2) is 51.3 Å². The first-order valence-corrected chi connectivity index (χ1v) is 9.89. The molecule has 4 rings (SSSR count). The number of benzene rings is 2. The topological polar surface area (TPSA) is 109 Å². The second kappa shape index (κ2) is 9.10. The highest BCUT2D eigenvalue weighted by atomic mass is 16.5. The van der Waals surface area contributed by atoms with Crippen molar-refractivity contribution in [2.24, 2.45) is 0 Å². The molecule has 8 nitrogen and oxygen atoms in total. The molecule has 30 heavy (non-hydrogen) atoms. The fourth-order valence-corrected chi connectivity index (χ4v) is 3.56. The van der Waals surface area contributed by atoms with Crippen molar-refractivity contribution in [3.63, 3.8) is 0 Å². The van der Waals surface area contributed by atoms with E-state index in [0.717, 1.165) is 19.3 Å². The number of ether oxygens (including phenoxy) is 1. The van der Waals surface area contributed by atoms with Crippen LogP contribution in [0.15, 0.2) is 59.1 Å². The van der Waals surface area contributed by atoms with E-state index < -0.39 is 7.12 Å². The largest absolute Gasteiger partial charge is 0.488 e. The summed E-state index contributed by atoms with van der Waals surface area (Å²) < 4.78 is 11.1. The summed E-state index contributed by atoms with van der Waals surface area (Å²) in [5.41, 5.74) is 0.947. The van der Waals surface area contributed by atoms with Crippen molar-refractivity contribution < 1.29 is 24.1 Å². The van der Waals surface area contributed by atoms with Crippen LogP contribution in [0, 0.1) is 0 Å². The van der Waals surface area contributed by atoms with Crippen molar-refractivity contribution >= 4 is 18.5 Å². The number of aromatic nitrogens is 2. The van der Waals surface area contributed by atoms with Crippen molar-refractivity contribution in [1.82, 2.24) is 15.0 Å². The van der Waals surface area contributed by atoms with Crippen molar-refractivity contribution in [2.75, 3.05) is 13.2 Å². The first kappa shape index (κ1) is 20.1. The molecule has 3 aromatic rings. The minimum absolute atomic E-state index is 0.0576. The van der Waals surface area contributed by atoms with Gasteiger partial charge in [-0.1, -0.05) is 47.6 Å². The Kier molecular flexibility index (Phi) is 6.11. The van der Waals surface area contributed by atoms with Gasteiger partial charge in [0.2, 0.25) is 11.7 Å². The molecule has 0 saturated carbocycles. The number of piperidine rings is 1. The Balaban J connectivity index is 1.49. The van der Waals surface area contributed by atoms with E-state index >= 15 is 0 Å². The zero-order valence-corrected chi connectivity index (χ0v) is 16.3. The number of hydrogen-bond donors (Lipinski definition) is 2. The second-order valence-corrected chi connectivity index (χ2v) is 7.16. The SMILES string of the molecule is O=C(COc1ccccc1)N1CCCC[C@@H]1c1nc(-c2cccc(B(O)O)c2)no1. The quantitative estimate of drug-likeness (QED) is 0.597. The minimum atomic E-state index is -1.58. The summed E-state index contributed by atoms with van der Waals surface area (Å²) in [5, 5.41) is 22.8. The molecule has 0 bridgehead atoms. The molecule has 0 unspecified atom stereocenters. The Morgan fingerprint density at radius 3 is 2.80 bits per heavy atom. The summed E-state index contributed by atoms with van der Waals surface area (Å²) in [6, 6.07) is 15.6. The first-order chi connectivity index (χ1) is 14.6. The maximum Gasteiger partial charge on any atom is 0.488 e. The number of carbonyl (C=O) groups is 1. The summed E-state index contributed by atoms with van der Waals surface area (Å²) >= 11 is 0. The summed E-state index contributed by atoms with van der Waals surface area (Å²) in [5.74, 6) is 1.22. The van der Waals surface area contributed by atoms with Gasteiger partial charge in [-0.05, 0) is 36.9 Å². The van der Waals surface area contributed by atoms with E-state index in [-0.39, 0.29) is 18.6 Å². The fourth-order valence-electron chi connectivity index (χ4n) is 3.56. The molecule has 1 aliphatic rings. The van der Waals surface area contributed by atoms with Gasteiger partial charge >= 0.3 is 7.12 Å². The summed E-state index contributed by atoms with van der Waals surface area (Å²) in [7, 11) is -1.58. The predicted molar refractivity (Wildman–Crippen MR) is 110 cm³/mol. The van der Waals surface area contributed by atoms with Crippen LogP contribution in [-0.2, 0) is 4.79 Å². The molecule has 1 fully saturated rings. The van der Waals surface area contributed by atoms with E-state index in [1.54, 1.807) is 29.2 Å². The number of nitrogens with zero attached hydrogens (tertiary/aromatic N) is 3. The second-order valence-electron chi connectivity index (χ2n) is 7.16. The van der Waals surface area contributed by atoms with Gasteiger partial charge in [0.05, 0.1) is 0 Å². The summed E-state index contributed by atoms with van der Waals surface area (Å²) in [4.78, 5) is 19.0. The zero-order chi connectivity index (χ0) is 20.9. The Hall–Kier alpha value is -3.17. The third kappa shape index (κ3) is 4.53. The van der Waals surface area contributed by atoms with Crippen molar-refractivity contribution in [1.29, 1.82) is 0 Å². The van der Waals surface area contributed by atoms with Gasteiger partial charge in [0, 0.05) is 12.1 Å². The van der Waals surface area contributed by atoms with E-state index in [1.807, 2.05) is 30.3 Å². The van der Waals surface area contributed by atoms with Crippen LogP contribution in [0.3, 0.4) is 0 Å². The lowest BCUT2D eigenvalue weighted by Gasteiger charge is -2.33. The van der Waals surface area contributed by atoms with Crippen LogP contribution in [0.4, 0.5) is 0 Å². The Labute approximate surface area is 174 Å². The van der Waals surface area contributed by atoms with Crippen LogP contribution >= 0.6 is 0 Å². The summed E-state index contributed by atoms with van der Waals surface area (Å²) in [6.07, 6.45) is 2.59. The zero-order valence-electron chi connectivity index (χ0n) is 16.3. The molecular formula is C21H22BN3O5. The van der Waals surface area contributed by atoms with Crippen LogP contribution < -0.4 is 10.2 Å². The Morgan fingerprint density at radius 2 is 2.00 bits per heavy atom. The lowest BCUT2D eigenvalue weighted by molar-refractivity contribution is -0.138. The smallest absolute Gasteiger partial charge is 0.484 e. The fraction of sp³-hybridized carbons (Fsp3) is 0.286. The van der Waals surface area contributed by atoms with Crippen LogP contribution in [0.25, 0.3) is 11.4 Å². The number of likely N-dealkylation sites (tertiary alicyclic amines) is 1. The Bertz CT molecular complexity index is 995. The van der Waals surface area contributed by atoms with E-state index in [2.05, 4.69) is 10.1 Å². The van der Waals surface area contributed by atoms with Gasteiger partial charge in [-0.2, -0.15) is 4.98 Å². The maximum atomic E-state index is 12.8. The molecule has 154 valence electrons. The lowest BCUT2D eigenvalue weighted by atomic mass is 9.79. The minimum Gasteiger partial charge on any atom is -0.484 e. The average molecular weight is 407 g/mol. The van der Waals surface area contributed by atoms with E-state index in [0.29, 0.717) is 35.0 Å². The third-order valence-electron chi connectivity index (χ3n) is 5.10. The maximum absolute atomic E-state index is 12.8. The molecule has 1 atom stereocenters. The average Bonchev–Trinajstić information content (AvgIpc) is 3.28. The van der Waals surface area contributed by atoms with Crippen molar-refractivity contribution in [3.05, 3.63) is 60.5 Å². The van der Waals surface area contributed by atoms with Gasteiger partial charge in [0.25, 0.3) is 5.91 Å². The van der Waals surface area contributed by atoms with Crippen LogP contribution in [0.2, 0.25) is 0 Å². The van der Waals surface area contributed by atoms with Crippen LogP contribution in [0.5, 0.6) is 5.75 Å². The highest BCUT2D eigenvalue weighted by Crippen LogP contribution is 2.31. The number of rotatable bonds is 6. The molecule has 0 aliphatic carbocycles. The first-order valence-electron chi connectivity index (χ1n) is 9.89. The molecule has 9 heteroatoms. The highest BCUT2D eigenvalue weighted by molar-refractivity contribution is 6.58. The molecule has 1 aromatic heterocycles. The lowest BCUT2D eigenvalue weighted by Crippen LogP contribution is -2.41. The van der Waals surface area contributed by atoms with E-state index in [4.69, 9.17) is 9.26 Å².